The van der Waals surface area contributed by atoms with Crippen LogP contribution >= 0.6 is 0 Å². The highest BCUT2D eigenvalue weighted by molar-refractivity contribution is 5.84. The van der Waals surface area contributed by atoms with Gasteiger partial charge in [0.05, 0.1) is 5.52 Å². The zero-order valence-electron chi connectivity index (χ0n) is 12.7. The van der Waals surface area contributed by atoms with Crippen LogP contribution in [-0.4, -0.2) is 35.1 Å². The largest absolute Gasteiger partial charge is 0.309 e. The quantitative estimate of drug-likeness (QED) is 0.934. The van der Waals surface area contributed by atoms with Crippen LogP contribution in [0.15, 0.2) is 30.5 Å². The number of benzene rings is 1. The van der Waals surface area contributed by atoms with Crippen LogP contribution in [-0.2, 0) is 6.54 Å². The minimum absolute atomic E-state index is 0.644. The Morgan fingerprint density at radius 2 is 2.14 bits per heavy atom. The van der Waals surface area contributed by atoms with Gasteiger partial charge in [0, 0.05) is 43.3 Å². The van der Waals surface area contributed by atoms with Crippen LogP contribution in [0.1, 0.15) is 30.4 Å². The van der Waals surface area contributed by atoms with E-state index < -0.39 is 0 Å². The summed E-state index contributed by atoms with van der Waals surface area (Å²) in [6.07, 6.45) is 6.02. The second-order valence-electron chi connectivity index (χ2n) is 6.53. The fraction of sp³-hybridized carbons (Fsp3) is 0.500. The summed E-state index contributed by atoms with van der Waals surface area (Å²) in [6.45, 7) is 5.58. The number of hydrogen-bond donors (Lipinski definition) is 1. The predicted molar refractivity (Wildman–Crippen MR) is 86.3 cm³/mol. The molecular weight excluding hydrogens is 258 g/mol. The lowest BCUT2D eigenvalue weighted by atomic mass is 10.0. The summed E-state index contributed by atoms with van der Waals surface area (Å²) < 4.78 is 0. The number of nitrogens with zero attached hydrogens (tertiary/aromatic N) is 2. The summed E-state index contributed by atoms with van der Waals surface area (Å²) in [5.41, 5.74) is 3.78. The summed E-state index contributed by atoms with van der Waals surface area (Å²) in [5.74, 6) is 0. The highest BCUT2D eigenvalue weighted by Crippen LogP contribution is 2.30. The van der Waals surface area contributed by atoms with Crippen molar-refractivity contribution in [2.45, 2.75) is 44.8 Å². The highest BCUT2D eigenvalue weighted by atomic mass is 15.2. The van der Waals surface area contributed by atoms with Gasteiger partial charge in [-0.15, -0.1) is 0 Å². The van der Waals surface area contributed by atoms with Gasteiger partial charge in [0.25, 0.3) is 0 Å². The second-order valence-corrected chi connectivity index (χ2v) is 6.53. The van der Waals surface area contributed by atoms with Crippen molar-refractivity contribution in [1.82, 2.24) is 15.2 Å². The maximum Gasteiger partial charge on any atom is 0.0749 e. The van der Waals surface area contributed by atoms with Crippen LogP contribution in [0.25, 0.3) is 10.9 Å². The molecule has 1 atom stereocenters. The van der Waals surface area contributed by atoms with Crippen molar-refractivity contribution in [2.24, 2.45) is 0 Å². The number of aryl methyl sites for hydroxylation is 1. The average Bonchev–Trinajstić information content (AvgIpc) is 3.26. The van der Waals surface area contributed by atoms with E-state index >= 15 is 0 Å². The molecule has 0 spiro atoms. The molecule has 110 valence electrons. The molecule has 3 nitrogen and oxygen atoms in total. The molecular formula is C18H23N3. The monoisotopic (exact) mass is 281 g/mol. The lowest BCUT2D eigenvalue weighted by molar-refractivity contribution is 0.317. The van der Waals surface area contributed by atoms with Gasteiger partial charge in [-0.1, -0.05) is 18.2 Å². The van der Waals surface area contributed by atoms with E-state index in [9.17, 15) is 0 Å². The molecule has 1 aromatic carbocycles. The van der Waals surface area contributed by atoms with Crippen molar-refractivity contribution in [3.8, 4) is 0 Å². The number of aromatic nitrogens is 1. The number of pyridine rings is 1. The van der Waals surface area contributed by atoms with E-state index in [1.807, 2.05) is 12.3 Å². The molecule has 2 fully saturated rings. The lowest BCUT2D eigenvalue weighted by Crippen LogP contribution is -2.32. The molecule has 1 unspecified atom stereocenters. The average molecular weight is 281 g/mol. The van der Waals surface area contributed by atoms with Crippen molar-refractivity contribution in [1.29, 1.82) is 0 Å². The molecule has 1 N–H and O–H groups in total. The zero-order valence-corrected chi connectivity index (χ0v) is 12.7. The Labute approximate surface area is 126 Å². The molecule has 1 aliphatic heterocycles. The normalized spacial score (nSPS) is 23.0. The van der Waals surface area contributed by atoms with Gasteiger partial charge in [-0.25, -0.2) is 0 Å². The Morgan fingerprint density at radius 1 is 1.24 bits per heavy atom. The molecule has 1 saturated carbocycles. The zero-order chi connectivity index (χ0) is 14.2. The maximum atomic E-state index is 4.59. The van der Waals surface area contributed by atoms with Gasteiger partial charge in [-0.3, -0.25) is 9.88 Å². The van der Waals surface area contributed by atoms with Gasteiger partial charge in [0.1, 0.15) is 0 Å². The minimum Gasteiger partial charge on any atom is -0.309 e. The molecule has 4 rings (SSSR count). The summed E-state index contributed by atoms with van der Waals surface area (Å²) >= 11 is 0. The fourth-order valence-corrected chi connectivity index (χ4v) is 3.50. The van der Waals surface area contributed by atoms with Gasteiger partial charge in [0.2, 0.25) is 0 Å². The first-order valence-electron chi connectivity index (χ1n) is 8.12. The van der Waals surface area contributed by atoms with Crippen molar-refractivity contribution in [2.75, 3.05) is 13.1 Å². The van der Waals surface area contributed by atoms with Gasteiger partial charge in [-0.2, -0.15) is 0 Å². The first-order valence-corrected chi connectivity index (χ1v) is 8.12. The van der Waals surface area contributed by atoms with Crippen molar-refractivity contribution in [3.05, 3.63) is 41.6 Å². The van der Waals surface area contributed by atoms with Crippen molar-refractivity contribution < 1.29 is 0 Å². The van der Waals surface area contributed by atoms with E-state index in [-0.39, 0.29) is 0 Å². The minimum atomic E-state index is 0.644. The van der Waals surface area contributed by atoms with Gasteiger partial charge < -0.3 is 5.32 Å². The van der Waals surface area contributed by atoms with E-state index in [4.69, 9.17) is 0 Å². The number of likely N-dealkylation sites (tertiary alicyclic amines) is 1. The molecule has 2 heterocycles. The number of nitrogens with one attached hydrogen (secondary N) is 1. The van der Waals surface area contributed by atoms with E-state index in [2.05, 4.69) is 40.3 Å². The first kappa shape index (κ1) is 13.2. The Balaban J connectivity index is 1.46. The highest BCUT2D eigenvalue weighted by Gasteiger charge is 2.34. The van der Waals surface area contributed by atoms with Gasteiger partial charge in [-0.05, 0) is 43.4 Å². The summed E-state index contributed by atoms with van der Waals surface area (Å²) in [7, 11) is 0. The first-order chi connectivity index (χ1) is 10.3. The summed E-state index contributed by atoms with van der Waals surface area (Å²) in [4.78, 5) is 7.25. The maximum absolute atomic E-state index is 4.59. The van der Waals surface area contributed by atoms with Crippen LogP contribution in [0.2, 0.25) is 0 Å². The van der Waals surface area contributed by atoms with E-state index in [0.29, 0.717) is 6.04 Å². The third kappa shape index (κ3) is 2.68. The smallest absolute Gasteiger partial charge is 0.0749 e. The fourth-order valence-electron chi connectivity index (χ4n) is 3.50. The molecule has 3 heteroatoms. The third-order valence-electron chi connectivity index (χ3n) is 4.94. The molecule has 1 aromatic heterocycles. The van der Waals surface area contributed by atoms with E-state index in [1.54, 1.807) is 0 Å². The lowest BCUT2D eigenvalue weighted by Gasteiger charge is -2.16. The topological polar surface area (TPSA) is 28.2 Å². The standard InChI is InChI=1S/C18H23N3/c1-13-4-5-14(18-17(13)3-2-9-19-18)11-20-15-8-10-21(12-15)16-6-7-16/h2-5,9,15-16,20H,6-8,10-12H2,1H3. The molecule has 2 aliphatic rings. The van der Waals surface area contributed by atoms with Crippen LogP contribution in [0.3, 0.4) is 0 Å². The number of rotatable bonds is 4. The van der Waals surface area contributed by atoms with Crippen molar-refractivity contribution >= 4 is 10.9 Å². The molecule has 1 aliphatic carbocycles. The Bertz CT molecular complexity index is 648. The summed E-state index contributed by atoms with van der Waals surface area (Å²) in [5, 5.41) is 5.02. The van der Waals surface area contributed by atoms with Crippen LogP contribution < -0.4 is 5.32 Å². The summed E-state index contributed by atoms with van der Waals surface area (Å²) in [6, 6.07) is 10.2. The molecule has 0 bridgehead atoms. The number of fused-ring (bicyclic) bond motifs is 1. The molecule has 21 heavy (non-hydrogen) atoms. The van der Waals surface area contributed by atoms with Gasteiger partial charge >= 0.3 is 0 Å². The van der Waals surface area contributed by atoms with Crippen LogP contribution in [0, 0.1) is 6.92 Å². The molecule has 0 radical (unpaired) electrons. The Morgan fingerprint density at radius 3 is 3.00 bits per heavy atom. The third-order valence-corrected chi connectivity index (χ3v) is 4.94. The SMILES string of the molecule is Cc1ccc(CNC2CCN(C3CC3)C2)c2ncccc12. The van der Waals surface area contributed by atoms with Crippen LogP contribution in [0.5, 0.6) is 0 Å². The number of hydrogen-bond acceptors (Lipinski definition) is 3. The van der Waals surface area contributed by atoms with Gasteiger partial charge in [0.15, 0.2) is 0 Å². The Kier molecular flexibility index (Phi) is 3.40. The molecule has 1 saturated heterocycles. The molecule has 0 amide bonds. The predicted octanol–water partition coefficient (Wildman–Crippen LogP) is 2.87. The van der Waals surface area contributed by atoms with Crippen molar-refractivity contribution in [3.63, 3.8) is 0 Å². The van der Waals surface area contributed by atoms with E-state index in [1.165, 1.54) is 48.9 Å². The molecule has 2 aromatic rings. The second kappa shape index (κ2) is 5.39. The van der Waals surface area contributed by atoms with Crippen LogP contribution in [0.4, 0.5) is 0 Å². The Hall–Kier alpha value is -1.45. The van der Waals surface area contributed by atoms with E-state index in [0.717, 1.165) is 18.1 Å².